The number of nitrogens with one attached hydrogen (secondary N) is 1. The van der Waals surface area contributed by atoms with Gasteiger partial charge in [-0.15, -0.1) is 16.4 Å². The Hall–Kier alpha value is -2.48. The van der Waals surface area contributed by atoms with E-state index in [2.05, 4.69) is 15.4 Å². The van der Waals surface area contributed by atoms with Crippen LogP contribution in [0.25, 0.3) is 16.2 Å². The number of halogens is 3. The van der Waals surface area contributed by atoms with Gasteiger partial charge in [0, 0.05) is 21.5 Å². The van der Waals surface area contributed by atoms with Crippen LogP contribution in [0.1, 0.15) is 10.4 Å². The van der Waals surface area contributed by atoms with Crippen LogP contribution >= 0.6 is 34.5 Å². The maximum atomic E-state index is 13.3. The Labute approximate surface area is 161 Å². The first-order chi connectivity index (χ1) is 12.5. The largest absolute Gasteiger partial charge is 0.289 e. The Morgan fingerprint density at radius 3 is 2.81 bits per heavy atom. The van der Waals surface area contributed by atoms with Crippen molar-refractivity contribution in [1.82, 2.24) is 14.6 Å². The Kier molecular flexibility index (Phi) is 4.36. The number of carbonyl (C=O) groups is 1. The van der Waals surface area contributed by atoms with Crippen LogP contribution in [0.15, 0.2) is 47.8 Å². The van der Waals surface area contributed by atoms with Gasteiger partial charge in [-0.25, -0.2) is 8.91 Å². The number of rotatable bonds is 3. The molecule has 0 saturated carbocycles. The number of anilines is 1. The van der Waals surface area contributed by atoms with Crippen molar-refractivity contribution in [2.75, 3.05) is 5.32 Å². The predicted octanol–water partition coefficient (Wildman–Crippen LogP) is 5.16. The molecule has 5 nitrogen and oxygen atoms in total. The van der Waals surface area contributed by atoms with Crippen molar-refractivity contribution in [1.29, 1.82) is 0 Å². The van der Waals surface area contributed by atoms with E-state index < -0.39 is 11.7 Å². The Morgan fingerprint density at radius 1 is 1.19 bits per heavy atom. The number of hydrogen-bond acceptors (Lipinski definition) is 4. The van der Waals surface area contributed by atoms with Crippen LogP contribution in [0.4, 0.5) is 10.3 Å². The number of hydrogen-bond donors (Lipinski definition) is 1. The summed E-state index contributed by atoms with van der Waals surface area (Å²) in [5, 5.41) is 9.75. The lowest BCUT2D eigenvalue weighted by Gasteiger charge is -2.03. The number of nitrogens with zero attached hydrogens (tertiary/aromatic N) is 3. The highest BCUT2D eigenvalue weighted by molar-refractivity contribution is 7.15. The first kappa shape index (κ1) is 17.0. The van der Waals surface area contributed by atoms with Gasteiger partial charge in [0.2, 0.25) is 4.96 Å². The molecular formula is C17H9Cl2FN4OS. The summed E-state index contributed by atoms with van der Waals surface area (Å²) >= 11 is 13.6. The smallest absolute Gasteiger partial charge is 0.258 e. The quantitative estimate of drug-likeness (QED) is 0.511. The fourth-order valence-corrected chi connectivity index (χ4v) is 3.75. The van der Waals surface area contributed by atoms with Gasteiger partial charge in [0.15, 0.2) is 0 Å². The summed E-state index contributed by atoms with van der Waals surface area (Å²) < 4.78 is 14.8. The number of aromatic nitrogens is 3. The molecule has 2 aromatic carbocycles. The molecular weight excluding hydrogens is 398 g/mol. The van der Waals surface area contributed by atoms with Crippen LogP contribution < -0.4 is 5.32 Å². The normalized spacial score (nSPS) is 11.0. The highest BCUT2D eigenvalue weighted by atomic mass is 35.5. The van der Waals surface area contributed by atoms with Gasteiger partial charge in [0.05, 0.1) is 10.7 Å². The molecule has 0 fully saturated rings. The van der Waals surface area contributed by atoms with Crippen molar-refractivity contribution in [3.05, 3.63) is 69.3 Å². The minimum atomic E-state index is -0.492. The lowest BCUT2D eigenvalue weighted by molar-refractivity contribution is 0.102. The van der Waals surface area contributed by atoms with Crippen molar-refractivity contribution in [3.8, 4) is 11.3 Å². The van der Waals surface area contributed by atoms with E-state index in [1.54, 1.807) is 22.7 Å². The number of carbonyl (C=O) groups excluding carboxylic acids is 1. The first-order valence-corrected chi connectivity index (χ1v) is 9.01. The van der Waals surface area contributed by atoms with Crippen LogP contribution in [-0.4, -0.2) is 20.5 Å². The van der Waals surface area contributed by atoms with Gasteiger partial charge in [-0.1, -0.05) is 29.3 Å². The molecule has 26 heavy (non-hydrogen) atoms. The Bertz CT molecular complexity index is 1140. The molecule has 1 amide bonds. The summed E-state index contributed by atoms with van der Waals surface area (Å²) in [7, 11) is 0. The SMILES string of the molecule is O=C(Nc1nc2scc(-c3ccc(Cl)cc3Cl)n2n1)c1cccc(F)c1. The average molecular weight is 407 g/mol. The summed E-state index contributed by atoms with van der Waals surface area (Å²) in [4.78, 5) is 17.1. The standard InChI is InChI=1S/C17H9Cl2FN4OS/c18-10-4-5-12(13(19)7-10)14-8-26-17-22-16(23-24(14)17)21-15(25)9-2-1-3-11(20)6-9/h1-8H,(H,21,23,25). The second-order valence-electron chi connectivity index (χ2n) is 5.34. The summed E-state index contributed by atoms with van der Waals surface area (Å²) in [5.41, 5.74) is 1.66. The minimum absolute atomic E-state index is 0.123. The molecule has 4 rings (SSSR count). The third kappa shape index (κ3) is 3.16. The third-order valence-electron chi connectivity index (χ3n) is 3.60. The Balaban J connectivity index is 1.67. The van der Waals surface area contributed by atoms with Crippen LogP contribution in [-0.2, 0) is 0 Å². The van der Waals surface area contributed by atoms with Crippen molar-refractivity contribution in [3.63, 3.8) is 0 Å². The summed E-state index contributed by atoms with van der Waals surface area (Å²) in [5.74, 6) is -0.859. The van der Waals surface area contributed by atoms with Crippen LogP contribution in [0.5, 0.6) is 0 Å². The van der Waals surface area contributed by atoms with Crippen LogP contribution in [0.2, 0.25) is 10.0 Å². The average Bonchev–Trinajstić information content (AvgIpc) is 3.15. The van der Waals surface area contributed by atoms with Crippen LogP contribution in [0.3, 0.4) is 0 Å². The van der Waals surface area contributed by atoms with Gasteiger partial charge in [-0.05, 0) is 36.4 Å². The summed E-state index contributed by atoms with van der Waals surface area (Å²) in [6.07, 6.45) is 0. The highest BCUT2D eigenvalue weighted by Gasteiger charge is 2.16. The van der Waals surface area contributed by atoms with Gasteiger partial charge in [0.25, 0.3) is 11.9 Å². The Morgan fingerprint density at radius 2 is 2.04 bits per heavy atom. The van der Waals surface area contributed by atoms with Crippen molar-refractivity contribution in [2.45, 2.75) is 0 Å². The fraction of sp³-hybridized carbons (Fsp3) is 0. The van der Waals surface area contributed by atoms with E-state index in [1.165, 1.54) is 29.5 Å². The van der Waals surface area contributed by atoms with E-state index in [9.17, 15) is 9.18 Å². The molecule has 1 N–H and O–H groups in total. The lowest BCUT2D eigenvalue weighted by atomic mass is 10.2. The maximum Gasteiger partial charge on any atom is 0.258 e. The molecule has 2 heterocycles. The van der Waals surface area contributed by atoms with E-state index >= 15 is 0 Å². The molecule has 0 bridgehead atoms. The minimum Gasteiger partial charge on any atom is -0.289 e. The van der Waals surface area contributed by atoms with E-state index in [1.807, 2.05) is 5.38 Å². The molecule has 130 valence electrons. The van der Waals surface area contributed by atoms with Gasteiger partial charge in [0.1, 0.15) is 5.82 Å². The molecule has 0 radical (unpaired) electrons. The molecule has 0 saturated heterocycles. The molecule has 2 aromatic heterocycles. The zero-order valence-corrected chi connectivity index (χ0v) is 15.2. The number of fused-ring (bicyclic) bond motifs is 1. The van der Waals surface area contributed by atoms with Gasteiger partial charge >= 0.3 is 0 Å². The second kappa shape index (κ2) is 6.68. The zero-order valence-electron chi connectivity index (χ0n) is 12.9. The first-order valence-electron chi connectivity index (χ1n) is 7.38. The number of amides is 1. The highest BCUT2D eigenvalue weighted by Crippen LogP contribution is 2.33. The molecule has 4 aromatic rings. The van der Waals surface area contributed by atoms with Gasteiger partial charge in [-0.2, -0.15) is 4.98 Å². The number of benzene rings is 2. The van der Waals surface area contributed by atoms with E-state index in [4.69, 9.17) is 23.2 Å². The molecule has 0 spiro atoms. The summed E-state index contributed by atoms with van der Waals surface area (Å²) in [6.45, 7) is 0. The molecule has 0 atom stereocenters. The lowest BCUT2D eigenvalue weighted by Crippen LogP contribution is -2.13. The predicted molar refractivity (Wildman–Crippen MR) is 101 cm³/mol. The topological polar surface area (TPSA) is 59.3 Å². The van der Waals surface area contributed by atoms with Crippen molar-refractivity contribution >= 4 is 51.4 Å². The number of thiazole rings is 1. The zero-order chi connectivity index (χ0) is 18.3. The van der Waals surface area contributed by atoms with E-state index in [0.29, 0.717) is 15.0 Å². The second-order valence-corrected chi connectivity index (χ2v) is 7.02. The molecule has 9 heteroatoms. The molecule has 0 aliphatic carbocycles. The molecule has 0 unspecified atom stereocenters. The third-order valence-corrected chi connectivity index (χ3v) is 4.96. The maximum absolute atomic E-state index is 13.3. The molecule has 0 aliphatic rings. The fourth-order valence-electron chi connectivity index (χ4n) is 2.42. The van der Waals surface area contributed by atoms with E-state index in [-0.39, 0.29) is 11.5 Å². The van der Waals surface area contributed by atoms with Crippen LogP contribution in [0, 0.1) is 5.82 Å². The summed E-state index contributed by atoms with van der Waals surface area (Å²) in [6, 6.07) is 10.6. The van der Waals surface area contributed by atoms with Gasteiger partial charge < -0.3 is 0 Å². The van der Waals surface area contributed by atoms with Crippen molar-refractivity contribution in [2.24, 2.45) is 0 Å². The van der Waals surface area contributed by atoms with Crippen molar-refractivity contribution < 1.29 is 9.18 Å². The monoisotopic (exact) mass is 406 g/mol. The van der Waals surface area contributed by atoms with Gasteiger partial charge in [-0.3, -0.25) is 10.1 Å². The van der Waals surface area contributed by atoms with E-state index in [0.717, 1.165) is 17.3 Å². The molecule has 0 aliphatic heterocycles.